The van der Waals surface area contributed by atoms with Crippen molar-refractivity contribution in [2.24, 2.45) is 0 Å². The van der Waals surface area contributed by atoms with Crippen molar-refractivity contribution in [1.82, 2.24) is 9.73 Å². The molecule has 0 spiro atoms. The molecule has 1 N–H and O–H groups in total. The molecule has 0 radical (unpaired) electrons. The largest absolute Gasteiger partial charge is 0.475 e. The minimum Gasteiger partial charge on any atom is -0.475 e. The molecule has 2 heterocycles. The van der Waals surface area contributed by atoms with Gasteiger partial charge in [0.25, 0.3) is 5.69 Å². The van der Waals surface area contributed by atoms with E-state index in [9.17, 15) is 4.79 Å². The van der Waals surface area contributed by atoms with Gasteiger partial charge in [0, 0.05) is 12.0 Å². The minimum atomic E-state index is -0.969. The number of hydrogen-bond donors (Lipinski definition) is 1. The molecule has 13 heavy (non-hydrogen) atoms. The van der Waals surface area contributed by atoms with Gasteiger partial charge in [-0.15, -0.1) is 4.52 Å². The molecule has 0 fully saturated rings. The van der Waals surface area contributed by atoms with E-state index in [1.54, 1.807) is 31.5 Å². The number of carboxylic acid groups (broad SMARTS) is 1. The molecule has 5 nitrogen and oxygen atoms in total. The Morgan fingerprint density at radius 3 is 3.08 bits per heavy atom. The molecule has 0 aliphatic rings. The predicted molar refractivity (Wildman–Crippen MR) is 42.5 cm³/mol. The second-order valence-electron chi connectivity index (χ2n) is 2.69. The van der Waals surface area contributed by atoms with Crippen LogP contribution in [0.5, 0.6) is 0 Å². The molecule has 0 unspecified atom stereocenters. The van der Waals surface area contributed by atoms with E-state index in [0.29, 0.717) is 5.69 Å². The third-order valence-corrected chi connectivity index (χ3v) is 1.81. The average Bonchev–Trinajstić information content (AvgIpc) is 2.39. The van der Waals surface area contributed by atoms with Crippen molar-refractivity contribution in [3.63, 3.8) is 0 Å². The van der Waals surface area contributed by atoms with E-state index in [4.69, 9.17) is 5.11 Å². The summed E-state index contributed by atoms with van der Waals surface area (Å²) in [5.41, 5.74) is 0.698. The summed E-state index contributed by atoms with van der Waals surface area (Å²) in [7, 11) is 0. The SMILES string of the molecule is Cc1nn2cccc[n+]2c1C(=O)O. The zero-order valence-corrected chi connectivity index (χ0v) is 7.01. The lowest BCUT2D eigenvalue weighted by Crippen LogP contribution is -2.33. The van der Waals surface area contributed by atoms with Crippen molar-refractivity contribution in [2.75, 3.05) is 0 Å². The standard InChI is InChI=1S/C8H7N3O2/c1-6-7(8(12)13)10-4-2-3-5-11(10)9-6/h2-5H,1H3/p+1. The third-order valence-electron chi connectivity index (χ3n) is 1.81. The number of aryl methyl sites for hydroxylation is 1. The van der Waals surface area contributed by atoms with Crippen LogP contribution in [0.4, 0.5) is 0 Å². The fourth-order valence-corrected chi connectivity index (χ4v) is 1.28. The lowest BCUT2D eigenvalue weighted by molar-refractivity contribution is -0.625. The number of carboxylic acids is 1. The lowest BCUT2D eigenvalue weighted by Gasteiger charge is -1.86. The predicted octanol–water partition coefficient (Wildman–Crippen LogP) is -0.0736. The van der Waals surface area contributed by atoms with Gasteiger partial charge in [-0.1, -0.05) is 0 Å². The maximum absolute atomic E-state index is 10.8. The van der Waals surface area contributed by atoms with Gasteiger partial charge in [0.1, 0.15) is 6.20 Å². The smallest absolute Gasteiger partial charge is 0.382 e. The van der Waals surface area contributed by atoms with E-state index >= 15 is 0 Å². The first-order valence-corrected chi connectivity index (χ1v) is 3.79. The van der Waals surface area contributed by atoms with Crippen LogP contribution < -0.4 is 4.52 Å². The topological polar surface area (TPSA) is 58.7 Å². The highest BCUT2D eigenvalue weighted by Gasteiger charge is 2.23. The molecule has 0 bridgehead atoms. The summed E-state index contributed by atoms with van der Waals surface area (Å²) < 4.78 is 2.97. The van der Waals surface area contributed by atoms with Gasteiger partial charge in [-0.2, -0.15) is 0 Å². The first kappa shape index (κ1) is 7.72. The molecule has 2 rings (SSSR count). The van der Waals surface area contributed by atoms with Gasteiger partial charge in [0.15, 0.2) is 0 Å². The summed E-state index contributed by atoms with van der Waals surface area (Å²) in [6.07, 6.45) is 3.35. The van der Waals surface area contributed by atoms with Gasteiger partial charge in [-0.3, -0.25) is 0 Å². The van der Waals surface area contributed by atoms with E-state index in [0.717, 1.165) is 0 Å². The summed E-state index contributed by atoms with van der Waals surface area (Å²) in [4.78, 5) is 10.8. The summed E-state index contributed by atoms with van der Waals surface area (Å²) in [6, 6.07) is 3.55. The Labute approximate surface area is 73.8 Å². The van der Waals surface area contributed by atoms with E-state index in [1.165, 1.54) is 9.15 Å². The molecule has 5 heteroatoms. The van der Waals surface area contributed by atoms with Gasteiger partial charge in [0.2, 0.25) is 5.69 Å². The molecule has 0 aliphatic carbocycles. The number of rotatable bonds is 1. The molecule has 2 aromatic rings. The maximum atomic E-state index is 10.8. The summed E-state index contributed by atoms with van der Waals surface area (Å²) in [5, 5.41) is 12.9. The van der Waals surface area contributed by atoms with Crippen LogP contribution in [0, 0.1) is 6.92 Å². The van der Waals surface area contributed by atoms with Crippen molar-refractivity contribution in [3.8, 4) is 0 Å². The molecule has 0 aliphatic heterocycles. The number of aromatic carboxylic acids is 1. The van der Waals surface area contributed by atoms with Gasteiger partial charge in [-0.05, 0) is 16.8 Å². The first-order chi connectivity index (χ1) is 6.20. The van der Waals surface area contributed by atoms with Crippen LogP contribution in [0.1, 0.15) is 16.2 Å². The van der Waals surface area contributed by atoms with Gasteiger partial charge >= 0.3 is 5.97 Å². The quantitative estimate of drug-likeness (QED) is 0.622. The molecule has 0 saturated heterocycles. The number of nitrogens with zero attached hydrogens (tertiary/aromatic N) is 3. The Morgan fingerprint density at radius 1 is 1.62 bits per heavy atom. The number of aromatic nitrogens is 3. The van der Waals surface area contributed by atoms with E-state index in [2.05, 4.69) is 5.10 Å². The molecule has 2 aromatic heterocycles. The molecule has 0 aromatic carbocycles. The Kier molecular flexibility index (Phi) is 1.51. The van der Waals surface area contributed by atoms with Crippen LogP contribution in [-0.4, -0.2) is 20.8 Å². The number of carbonyl (C=O) groups is 1. The van der Waals surface area contributed by atoms with Crippen LogP contribution in [0.15, 0.2) is 24.5 Å². The van der Waals surface area contributed by atoms with Gasteiger partial charge in [0.05, 0.1) is 6.20 Å². The highest BCUT2D eigenvalue weighted by atomic mass is 16.4. The van der Waals surface area contributed by atoms with E-state index in [-0.39, 0.29) is 5.69 Å². The first-order valence-electron chi connectivity index (χ1n) is 3.79. The summed E-state index contributed by atoms with van der Waals surface area (Å²) >= 11 is 0. The molecule has 66 valence electrons. The molecule has 0 amide bonds. The molecular formula is C8H8N3O2+. The zero-order valence-electron chi connectivity index (χ0n) is 7.01. The normalized spacial score (nSPS) is 10.5. The molecular weight excluding hydrogens is 170 g/mol. The van der Waals surface area contributed by atoms with Crippen molar-refractivity contribution in [2.45, 2.75) is 6.92 Å². The Balaban J connectivity index is 2.86. The molecule has 0 saturated carbocycles. The van der Waals surface area contributed by atoms with Gasteiger partial charge < -0.3 is 5.11 Å². The summed E-state index contributed by atoms with van der Waals surface area (Å²) in [6.45, 7) is 1.67. The maximum Gasteiger partial charge on any atom is 0.382 e. The molecule has 0 atom stereocenters. The van der Waals surface area contributed by atoms with Crippen molar-refractivity contribution in [1.29, 1.82) is 0 Å². The van der Waals surface area contributed by atoms with Crippen LogP contribution in [0.2, 0.25) is 0 Å². The van der Waals surface area contributed by atoms with Crippen LogP contribution in [0.3, 0.4) is 0 Å². The second-order valence-corrected chi connectivity index (χ2v) is 2.69. The lowest BCUT2D eigenvalue weighted by atomic mass is 10.3. The highest BCUT2D eigenvalue weighted by Crippen LogP contribution is 1.97. The van der Waals surface area contributed by atoms with Crippen LogP contribution in [-0.2, 0) is 0 Å². The highest BCUT2D eigenvalue weighted by molar-refractivity contribution is 5.84. The van der Waals surface area contributed by atoms with Crippen molar-refractivity contribution < 1.29 is 14.4 Å². The van der Waals surface area contributed by atoms with E-state index in [1.807, 2.05) is 0 Å². The summed E-state index contributed by atoms with van der Waals surface area (Å²) in [5.74, 6) is -0.969. The van der Waals surface area contributed by atoms with Gasteiger partial charge in [-0.25, -0.2) is 4.79 Å². The van der Waals surface area contributed by atoms with Crippen LogP contribution in [0.25, 0.3) is 0 Å². The monoisotopic (exact) mass is 178 g/mol. The van der Waals surface area contributed by atoms with Crippen molar-refractivity contribution in [3.05, 3.63) is 35.9 Å². The van der Waals surface area contributed by atoms with Crippen LogP contribution >= 0.6 is 0 Å². The zero-order chi connectivity index (χ0) is 9.42. The van der Waals surface area contributed by atoms with Crippen molar-refractivity contribution >= 4 is 5.97 Å². The minimum absolute atomic E-state index is 0.195. The Morgan fingerprint density at radius 2 is 2.38 bits per heavy atom. The second kappa shape index (κ2) is 2.55. The number of fused-ring (bicyclic) bond motifs is 1. The Hall–Kier alpha value is -1.91. The Bertz CT molecular complexity index is 475. The fourth-order valence-electron chi connectivity index (χ4n) is 1.28. The number of hydrogen-bond acceptors (Lipinski definition) is 2. The third kappa shape index (κ3) is 1.05. The average molecular weight is 178 g/mol. The fraction of sp³-hybridized carbons (Fsp3) is 0.125. The van der Waals surface area contributed by atoms with E-state index < -0.39 is 5.97 Å².